The number of aliphatic hydroxyl groups excluding tert-OH is 2. The van der Waals surface area contributed by atoms with Crippen LogP contribution >= 0.6 is 0 Å². The first-order valence-electron chi connectivity index (χ1n) is 8.07. The van der Waals surface area contributed by atoms with E-state index in [1.54, 1.807) is 7.05 Å². The van der Waals surface area contributed by atoms with Gasteiger partial charge in [0, 0.05) is 6.54 Å². The van der Waals surface area contributed by atoms with Crippen molar-refractivity contribution in [1.29, 1.82) is 0 Å². The monoisotopic (exact) mass is 349 g/mol. The number of anilines is 1. The Hall–Kier alpha value is -2.11. The molecule has 10 heteroatoms. The summed E-state index contributed by atoms with van der Waals surface area (Å²) in [6, 6.07) is 0. The Morgan fingerprint density at radius 3 is 2.88 bits per heavy atom. The number of likely N-dealkylation sites (N-methyl/N-ethyl adjacent to an activating group) is 1. The number of nitrogens with two attached hydrogens (primary N) is 2. The minimum absolute atomic E-state index is 0.228. The summed E-state index contributed by atoms with van der Waals surface area (Å²) in [6.07, 6.45) is 4.86. The molecule has 0 aromatic carbocycles. The third-order valence-electron chi connectivity index (χ3n) is 4.43. The number of fused-ring (bicyclic) bond motifs is 1. The van der Waals surface area contributed by atoms with Crippen LogP contribution in [0.15, 0.2) is 24.8 Å². The molecule has 0 amide bonds. The number of imidazole rings is 1. The molecule has 4 atom stereocenters. The van der Waals surface area contributed by atoms with Gasteiger partial charge in [-0.1, -0.05) is 12.2 Å². The predicted octanol–water partition coefficient (Wildman–Crippen LogP) is -1.35. The summed E-state index contributed by atoms with van der Waals surface area (Å²) in [5.74, 6) is -1.18. The van der Waals surface area contributed by atoms with Crippen molar-refractivity contribution in [3.8, 4) is 0 Å². The molecule has 25 heavy (non-hydrogen) atoms. The van der Waals surface area contributed by atoms with Crippen molar-refractivity contribution < 1.29 is 14.9 Å². The molecule has 7 N–H and O–H groups in total. The summed E-state index contributed by atoms with van der Waals surface area (Å²) < 4.78 is 7.57. The maximum atomic E-state index is 10.7. The van der Waals surface area contributed by atoms with Crippen molar-refractivity contribution in [1.82, 2.24) is 24.8 Å². The van der Waals surface area contributed by atoms with E-state index in [1.807, 2.05) is 12.2 Å². The Morgan fingerprint density at radius 2 is 2.16 bits per heavy atom. The molecule has 0 spiro atoms. The lowest BCUT2D eigenvalue weighted by Crippen LogP contribution is -2.54. The van der Waals surface area contributed by atoms with Crippen LogP contribution in [0.1, 0.15) is 12.8 Å². The van der Waals surface area contributed by atoms with Crippen molar-refractivity contribution in [2.24, 2.45) is 5.73 Å². The topological polar surface area (TPSA) is 157 Å². The van der Waals surface area contributed by atoms with Crippen LogP contribution in [-0.2, 0) is 10.6 Å². The van der Waals surface area contributed by atoms with Gasteiger partial charge in [-0.3, -0.25) is 9.88 Å². The molecule has 10 nitrogen and oxygen atoms in total. The van der Waals surface area contributed by atoms with E-state index in [0.717, 1.165) is 0 Å². The van der Waals surface area contributed by atoms with E-state index in [2.05, 4.69) is 20.3 Å². The number of rotatable bonds is 6. The fraction of sp³-hybridized carbons (Fsp3) is 0.533. The first-order chi connectivity index (χ1) is 12.0. The lowest BCUT2D eigenvalue weighted by Gasteiger charge is -2.33. The molecule has 2 aromatic rings. The van der Waals surface area contributed by atoms with E-state index < -0.39 is 24.2 Å². The number of nitrogen functional groups attached to an aromatic ring is 1. The largest absolute Gasteiger partial charge is 0.387 e. The summed E-state index contributed by atoms with van der Waals surface area (Å²) in [4.78, 5) is 12.3. The number of hydrogen-bond acceptors (Lipinski definition) is 9. The second kappa shape index (κ2) is 7.02. The van der Waals surface area contributed by atoms with Crippen LogP contribution in [0.2, 0.25) is 0 Å². The van der Waals surface area contributed by atoms with Gasteiger partial charge in [0.05, 0.1) is 6.10 Å². The van der Waals surface area contributed by atoms with E-state index in [9.17, 15) is 10.2 Å². The number of aliphatic hydroxyl groups is 2. The van der Waals surface area contributed by atoms with Crippen molar-refractivity contribution in [3.63, 3.8) is 0 Å². The minimum atomic E-state index is -1.41. The highest BCUT2D eigenvalue weighted by Crippen LogP contribution is 2.37. The number of nitrogens with one attached hydrogen (secondary N) is 1. The zero-order chi connectivity index (χ0) is 18.0. The maximum absolute atomic E-state index is 10.7. The number of ether oxygens (including phenoxy) is 1. The average molecular weight is 349 g/mol. The molecule has 1 aliphatic heterocycles. The van der Waals surface area contributed by atoms with Crippen molar-refractivity contribution in [2.45, 2.75) is 37.0 Å². The van der Waals surface area contributed by atoms with Gasteiger partial charge in [0.25, 0.3) is 0 Å². The lowest BCUT2D eigenvalue weighted by molar-refractivity contribution is -0.159. The number of allylic oxidation sites excluding steroid dienone is 1. The van der Waals surface area contributed by atoms with E-state index >= 15 is 0 Å². The number of hydrogen-bond donors (Lipinski definition) is 5. The van der Waals surface area contributed by atoms with Gasteiger partial charge in [-0.25, -0.2) is 15.0 Å². The Bertz CT molecular complexity index is 765. The molecule has 0 unspecified atom stereocenters. The summed E-state index contributed by atoms with van der Waals surface area (Å²) in [7, 11) is 1.63. The van der Waals surface area contributed by atoms with Gasteiger partial charge in [-0.2, -0.15) is 0 Å². The molecule has 3 rings (SSSR count). The molecule has 0 saturated carbocycles. The molecule has 3 heterocycles. The van der Waals surface area contributed by atoms with E-state index in [4.69, 9.17) is 16.2 Å². The van der Waals surface area contributed by atoms with Crippen molar-refractivity contribution in [3.05, 3.63) is 24.8 Å². The lowest BCUT2D eigenvalue weighted by atomic mass is 10.0. The highest BCUT2D eigenvalue weighted by Gasteiger charge is 2.55. The first kappa shape index (κ1) is 17.7. The van der Waals surface area contributed by atoms with Gasteiger partial charge in [-0.05, 0) is 19.9 Å². The van der Waals surface area contributed by atoms with Gasteiger partial charge >= 0.3 is 0 Å². The second-order valence-electron chi connectivity index (χ2n) is 5.87. The molecule has 0 aliphatic carbocycles. The molecule has 1 fully saturated rings. The highest BCUT2D eigenvalue weighted by molar-refractivity contribution is 5.81. The van der Waals surface area contributed by atoms with Crippen LogP contribution in [-0.4, -0.2) is 61.6 Å². The second-order valence-corrected chi connectivity index (χ2v) is 5.87. The van der Waals surface area contributed by atoms with E-state index in [1.165, 1.54) is 17.2 Å². The zero-order valence-corrected chi connectivity index (χ0v) is 13.9. The van der Waals surface area contributed by atoms with Crippen LogP contribution < -0.4 is 16.8 Å². The molecule has 1 aliphatic rings. The fourth-order valence-corrected chi connectivity index (χ4v) is 3.13. The third kappa shape index (κ3) is 2.87. The number of aromatic nitrogens is 4. The third-order valence-corrected chi connectivity index (χ3v) is 4.43. The van der Waals surface area contributed by atoms with Gasteiger partial charge in [-0.15, -0.1) is 0 Å². The van der Waals surface area contributed by atoms with E-state index in [0.29, 0.717) is 30.6 Å². The summed E-state index contributed by atoms with van der Waals surface area (Å²) >= 11 is 0. The highest BCUT2D eigenvalue weighted by atomic mass is 16.6. The molecule has 0 radical (unpaired) electrons. The average Bonchev–Trinajstić information content (AvgIpc) is 3.15. The van der Waals surface area contributed by atoms with Crippen LogP contribution in [0.3, 0.4) is 0 Å². The zero-order valence-electron chi connectivity index (χ0n) is 13.9. The first-order valence-corrected chi connectivity index (χ1v) is 8.07. The molecular formula is C15H23N7O3. The quantitative estimate of drug-likeness (QED) is 0.398. The maximum Gasteiger partial charge on any atom is 0.234 e. The van der Waals surface area contributed by atoms with Crippen LogP contribution in [0.4, 0.5) is 5.82 Å². The smallest absolute Gasteiger partial charge is 0.234 e. The van der Waals surface area contributed by atoms with Crippen LogP contribution in [0, 0.1) is 0 Å². The predicted molar refractivity (Wildman–Crippen MR) is 91.1 cm³/mol. The van der Waals surface area contributed by atoms with Crippen LogP contribution in [0.5, 0.6) is 0 Å². The van der Waals surface area contributed by atoms with Crippen molar-refractivity contribution >= 4 is 17.0 Å². The normalized spacial score (nSPS) is 29.8. The van der Waals surface area contributed by atoms with Crippen molar-refractivity contribution in [2.75, 3.05) is 19.3 Å². The summed E-state index contributed by atoms with van der Waals surface area (Å²) in [6.45, 7) is 0.458. The van der Waals surface area contributed by atoms with Gasteiger partial charge in [0.2, 0.25) is 5.85 Å². The molecular weight excluding hydrogens is 326 g/mol. The Morgan fingerprint density at radius 1 is 1.36 bits per heavy atom. The Balaban J connectivity index is 1.94. The number of nitrogens with zero attached hydrogens (tertiary/aromatic N) is 4. The van der Waals surface area contributed by atoms with Gasteiger partial charge in [0.1, 0.15) is 30.4 Å². The summed E-state index contributed by atoms with van der Waals surface area (Å²) in [5, 5.41) is 24.1. The standard InChI is InChI=1S/C15H23N7O3/c1-18-15(22-8-21-10-13(17)19-7-20-14(10)22)12(24)11(23)9(25-15)5-3-2-4-6-16/h2,4,7-9,11-12,18,23-24H,3,5-6,16H2,1H3,(H2,17,19,20)/b4-2-/t9-,11-,12-,15+/m1/s1. The Kier molecular flexibility index (Phi) is 4.97. The van der Waals surface area contributed by atoms with E-state index in [-0.39, 0.29) is 5.82 Å². The molecule has 136 valence electrons. The molecule has 1 saturated heterocycles. The molecule has 0 bridgehead atoms. The summed E-state index contributed by atoms with van der Waals surface area (Å²) in [5.41, 5.74) is 12.0. The SMILES string of the molecule is CN[C@@]1(n2cnc3c(N)ncnc32)O[C@H](CC/C=C\CN)[C@@H](O)[C@H]1O. The minimum Gasteiger partial charge on any atom is -0.387 e. The van der Waals surface area contributed by atoms with Crippen LogP contribution in [0.25, 0.3) is 11.2 Å². The fourth-order valence-electron chi connectivity index (χ4n) is 3.13. The Labute approximate surface area is 144 Å². The molecule has 2 aromatic heterocycles. The van der Waals surface area contributed by atoms with Gasteiger partial charge < -0.3 is 26.4 Å². The van der Waals surface area contributed by atoms with Gasteiger partial charge in [0.15, 0.2) is 11.5 Å².